The van der Waals surface area contributed by atoms with E-state index >= 15 is 0 Å². The van der Waals surface area contributed by atoms with Gasteiger partial charge in [0.25, 0.3) is 0 Å². The Kier molecular flexibility index (Phi) is 11.7. The van der Waals surface area contributed by atoms with Gasteiger partial charge in [-0.3, -0.25) is 0 Å². The first-order valence-electron chi connectivity index (χ1n) is 4.85. The molecule has 0 amide bonds. The molecule has 0 radical (unpaired) electrons. The summed E-state index contributed by atoms with van der Waals surface area (Å²) in [7, 11) is 0. The Morgan fingerprint density at radius 1 is 0.923 bits per heavy atom. The lowest BCUT2D eigenvalue weighted by molar-refractivity contribution is -0.0690. The zero-order valence-corrected chi connectivity index (χ0v) is 8.46. The topological polar surface area (TPSA) is 53.7 Å². The van der Waals surface area contributed by atoms with Gasteiger partial charge in [0.1, 0.15) is 6.79 Å². The maximum Gasteiger partial charge on any atom is 0.146 e. The highest BCUT2D eigenvalue weighted by Crippen LogP contribution is 1.84. The molecule has 0 spiro atoms. The average molecular weight is 191 g/mol. The van der Waals surface area contributed by atoms with Crippen molar-refractivity contribution in [2.75, 3.05) is 39.8 Å². The number of hydrogen-bond acceptors (Lipinski definition) is 4. The molecule has 0 aliphatic carbocycles. The van der Waals surface area contributed by atoms with E-state index in [1.165, 1.54) is 0 Å². The summed E-state index contributed by atoms with van der Waals surface area (Å²) in [5, 5.41) is 0. The molecule has 0 aliphatic rings. The first kappa shape index (κ1) is 12.8. The van der Waals surface area contributed by atoms with Crippen LogP contribution in [-0.4, -0.2) is 39.8 Å². The fourth-order valence-electron chi connectivity index (χ4n) is 0.726. The maximum atomic E-state index is 5.29. The minimum absolute atomic E-state index is 0.369. The molecule has 0 saturated carbocycles. The quantitative estimate of drug-likeness (QED) is 0.409. The van der Waals surface area contributed by atoms with Crippen molar-refractivity contribution in [2.45, 2.75) is 19.8 Å². The van der Waals surface area contributed by atoms with E-state index in [4.69, 9.17) is 19.9 Å². The Morgan fingerprint density at radius 3 is 2.31 bits per heavy atom. The maximum absolute atomic E-state index is 5.29. The van der Waals surface area contributed by atoms with Crippen LogP contribution in [0.4, 0.5) is 0 Å². The van der Waals surface area contributed by atoms with Gasteiger partial charge in [-0.25, -0.2) is 0 Å². The van der Waals surface area contributed by atoms with Gasteiger partial charge in [-0.05, 0) is 19.4 Å². The van der Waals surface area contributed by atoms with E-state index in [1.54, 1.807) is 0 Å². The van der Waals surface area contributed by atoms with Gasteiger partial charge >= 0.3 is 0 Å². The van der Waals surface area contributed by atoms with Crippen molar-refractivity contribution in [3.05, 3.63) is 0 Å². The lowest BCUT2D eigenvalue weighted by Gasteiger charge is -2.05. The van der Waals surface area contributed by atoms with Crippen LogP contribution in [0.1, 0.15) is 19.8 Å². The molecule has 4 heteroatoms. The van der Waals surface area contributed by atoms with Gasteiger partial charge in [0.15, 0.2) is 0 Å². The lowest BCUT2D eigenvalue weighted by Crippen LogP contribution is -2.10. The molecule has 0 heterocycles. The van der Waals surface area contributed by atoms with Gasteiger partial charge in [0.2, 0.25) is 0 Å². The molecule has 0 saturated heterocycles. The number of hydrogen-bond donors (Lipinski definition) is 1. The molecule has 0 aliphatic heterocycles. The number of rotatable bonds is 10. The van der Waals surface area contributed by atoms with Crippen molar-refractivity contribution < 1.29 is 14.2 Å². The molecule has 0 atom stereocenters. The Bertz CT molecular complexity index is 80.9. The predicted octanol–water partition coefficient (Wildman–Crippen LogP) is 0.752. The van der Waals surface area contributed by atoms with E-state index < -0.39 is 0 Å². The van der Waals surface area contributed by atoms with Crippen molar-refractivity contribution >= 4 is 0 Å². The van der Waals surface area contributed by atoms with Gasteiger partial charge in [-0.1, -0.05) is 6.92 Å². The number of ether oxygens (including phenoxy) is 3. The summed E-state index contributed by atoms with van der Waals surface area (Å²) in [5.41, 5.74) is 5.29. The highest BCUT2D eigenvalue weighted by Gasteiger charge is 1.89. The summed E-state index contributed by atoms with van der Waals surface area (Å²) in [6.45, 7) is 5.80. The van der Waals surface area contributed by atoms with E-state index in [1.807, 2.05) is 0 Å². The molecule has 0 bridgehead atoms. The molecular formula is C9H21NO3. The fourth-order valence-corrected chi connectivity index (χ4v) is 0.726. The van der Waals surface area contributed by atoms with Crippen molar-refractivity contribution in [1.29, 1.82) is 0 Å². The third-order valence-electron chi connectivity index (χ3n) is 1.38. The fraction of sp³-hybridized carbons (Fsp3) is 1.00. The zero-order chi connectivity index (χ0) is 9.78. The van der Waals surface area contributed by atoms with Crippen LogP contribution in [0.5, 0.6) is 0 Å². The summed E-state index contributed by atoms with van der Waals surface area (Å²) in [5.74, 6) is 0. The molecule has 0 rings (SSSR count). The van der Waals surface area contributed by atoms with Gasteiger partial charge in [-0.15, -0.1) is 0 Å². The molecule has 0 aromatic heterocycles. The van der Waals surface area contributed by atoms with E-state index in [-0.39, 0.29) is 0 Å². The second kappa shape index (κ2) is 11.8. The Labute approximate surface area is 80.3 Å². The Hall–Kier alpha value is -0.160. The first-order chi connectivity index (χ1) is 6.41. The van der Waals surface area contributed by atoms with Crippen LogP contribution in [0.2, 0.25) is 0 Å². The minimum atomic E-state index is 0.369. The summed E-state index contributed by atoms with van der Waals surface area (Å²) in [4.78, 5) is 0. The molecule has 13 heavy (non-hydrogen) atoms. The van der Waals surface area contributed by atoms with E-state index in [9.17, 15) is 0 Å². The van der Waals surface area contributed by atoms with Crippen LogP contribution < -0.4 is 5.73 Å². The van der Waals surface area contributed by atoms with Gasteiger partial charge < -0.3 is 19.9 Å². The van der Waals surface area contributed by atoms with E-state index in [2.05, 4.69) is 6.92 Å². The van der Waals surface area contributed by atoms with Crippen LogP contribution in [0.15, 0.2) is 0 Å². The van der Waals surface area contributed by atoms with Gasteiger partial charge in [0, 0.05) is 13.2 Å². The molecule has 4 nitrogen and oxygen atoms in total. The van der Waals surface area contributed by atoms with E-state index in [0.29, 0.717) is 26.6 Å². The average Bonchev–Trinajstić information content (AvgIpc) is 2.16. The Morgan fingerprint density at radius 2 is 1.62 bits per heavy atom. The predicted molar refractivity (Wildman–Crippen MR) is 51.6 cm³/mol. The molecule has 80 valence electrons. The third kappa shape index (κ3) is 11.8. The highest BCUT2D eigenvalue weighted by atomic mass is 16.7. The first-order valence-corrected chi connectivity index (χ1v) is 4.85. The Balaban J connectivity index is 2.76. The molecule has 0 aromatic rings. The SMILES string of the molecule is CCCOCOCCOCCCN. The standard InChI is InChI=1S/C9H21NO3/c1-2-5-12-9-13-8-7-11-6-3-4-10/h2-10H2,1H3. The van der Waals surface area contributed by atoms with Crippen molar-refractivity contribution in [2.24, 2.45) is 5.73 Å². The molecular weight excluding hydrogens is 170 g/mol. The monoisotopic (exact) mass is 191 g/mol. The van der Waals surface area contributed by atoms with Crippen molar-refractivity contribution in [3.63, 3.8) is 0 Å². The van der Waals surface area contributed by atoms with Crippen LogP contribution in [-0.2, 0) is 14.2 Å². The zero-order valence-electron chi connectivity index (χ0n) is 8.46. The van der Waals surface area contributed by atoms with Crippen molar-refractivity contribution in [3.8, 4) is 0 Å². The molecule has 2 N–H and O–H groups in total. The van der Waals surface area contributed by atoms with Gasteiger partial charge in [0.05, 0.1) is 13.2 Å². The van der Waals surface area contributed by atoms with Crippen LogP contribution in [0.25, 0.3) is 0 Å². The summed E-state index contributed by atoms with van der Waals surface area (Å²) >= 11 is 0. The summed E-state index contributed by atoms with van der Waals surface area (Å²) in [6.07, 6.45) is 1.93. The highest BCUT2D eigenvalue weighted by molar-refractivity contribution is 4.35. The summed E-state index contributed by atoms with van der Waals surface area (Å²) in [6, 6.07) is 0. The second-order valence-corrected chi connectivity index (χ2v) is 2.69. The molecule has 0 fully saturated rings. The third-order valence-corrected chi connectivity index (χ3v) is 1.38. The van der Waals surface area contributed by atoms with Crippen molar-refractivity contribution in [1.82, 2.24) is 0 Å². The van der Waals surface area contributed by atoms with Crippen LogP contribution in [0.3, 0.4) is 0 Å². The van der Waals surface area contributed by atoms with Crippen LogP contribution in [0, 0.1) is 0 Å². The molecule has 0 unspecified atom stereocenters. The van der Waals surface area contributed by atoms with Crippen LogP contribution >= 0.6 is 0 Å². The second-order valence-electron chi connectivity index (χ2n) is 2.69. The lowest BCUT2D eigenvalue weighted by atomic mass is 10.5. The number of nitrogens with two attached hydrogens (primary N) is 1. The van der Waals surface area contributed by atoms with Gasteiger partial charge in [-0.2, -0.15) is 0 Å². The smallest absolute Gasteiger partial charge is 0.146 e. The minimum Gasteiger partial charge on any atom is -0.379 e. The largest absolute Gasteiger partial charge is 0.379 e. The van der Waals surface area contributed by atoms with E-state index in [0.717, 1.165) is 26.1 Å². The summed E-state index contributed by atoms with van der Waals surface area (Å²) < 4.78 is 15.5. The molecule has 0 aromatic carbocycles. The normalized spacial score (nSPS) is 10.6.